The van der Waals surface area contributed by atoms with E-state index in [1.165, 1.54) is 0 Å². The highest BCUT2D eigenvalue weighted by atomic mass is 32.5. The molecule has 0 heterocycles. The molecule has 2 rings (SSSR count). The Balaban J connectivity index is 2.12. The Kier molecular flexibility index (Phi) is 4.25. The maximum atomic E-state index is 10.1. The topological polar surface area (TPSA) is 38.7 Å². The van der Waals surface area contributed by atoms with Gasteiger partial charge in [-0.25, -0.2) is 0 Å². The molecule has 19 heavy (non-hydrogen) atoms. The Hall–Kier alpha value is -1.35. The van der Waals surface area contributed by atoms with Crippen LogP contribution in [0.2, 0.25) is 0 Å². The van der Waals surface area contributed by atoms with E-state index in [-0.39, 0.29) is 0 Å². The van der Waals surface area contributed by atoms with Gasteiger partial charge in [0.15, 0.2) is 0 Å². The van der Waals surface area contributed by atoms with Crippen molar-refractivity contribution in [1.29, 1.82) is 0 Å². The Morgan fingerprint density at radius 1 is 0.895 bits per heavy atom. The predicted molar refractivity (Wildman–Crippen MR) is 80.1 cm³/mol. The van der Waals surface area contributed by atoms with Gasteiger partial charge in [-0.2, -0.15) is 0 Å². The summed E-state index contributed by atoms with van der Waals surface area (Å²) in [5.41, 5.74) is 2.06. The van der Waals surface area contributed by atoms with E-state index in [4.69, 9.17) is 20.9 Å². The molecule has 0 amide bonds. The van der Waals surface area contributed by atoms with Gasteiger partial charge in [-0.15, -0.1) is 0 Å². The number of aryl methyl sites for hydroxylation is 2. The van der Waals surface area contributed by atoms with E-state index >= 15 is 0 Å². The standard InChI is InChI=1S/C14H15O3PS/c1-11-5-3-7-13(9-11)16-18(15,19)17-14-8-4-6-12(2)10-14/h3-10H,1-2H3,(H,15,19). The van der Waals surface area contributed by atoms with Crippen molar-refractivity contribution in [3.8, 4) is 11.5 Å². The monoisotopic (exact) mass is 294 g/mol. The quantitative estimate of drug-likeness (QED) is 0.866. The minimum atomic E-state index is -3.34. The summed E-state index contributed by atoms with van der Waals surface area (Å²) in [5, 5.41) is 0. The van der Waals surface area contributed by atoms with Gasteiger partial charge < -0.3 is 13.9 Å². The van der Waals surface area contributed by atoms with E-state index in [9.17, 15) is 4.89 Å². The molecule has 1 N–H and O–H groups in total. The fraction of sp³-hybridized carbons (Fsp3) is 0.143. The van der Waals surface area contributed by atoms with Gasteiger partial charge >= 0.3 is 6.72 Å². The van der Waals surface area contributed by atoms with Gasteiger partial charge in [0.25, 0.3) is 0 Å². The van der Waals surface area contributed by atoms with Gasteiger partial charge in [0, 0.05) is 11.8 Å². The second-order valence-corrected chi connectivity index (χ2v) is 6.97. The minimum absolute atomic E-state index is 0.512. The van der Waals surface area contributed by atoms with Gasteiger partial charge in [-0.1, -0.05) is 24.3 Å². The van der Waals surface area contributed by atoms with Crippen LogP contribution in [-0.2, 0) is 11.8 Å². The zero-order valence-electron chi connectivity index (χ0n) is 10.7. The van der Waals surface area contributed by atoms with Crippen molar-refractivity contribution < 1.29 is 13.9 Å². The fourth-order valence-electron chi connectivity index (χ4n) is 1.63. The molecule has 0 aromatic heterocycles. The third kappa shape index (κ3) is 4.35. The summed E-state index contributed by atoms with van der Waals surface area (Å²) in [4.78, 5) is 10.1. The lowest BCUT2D eigenvalue weighted by molar-refractivity contribution is 0.377. The van der Waals surface area contributed by atoms with Gasteiger partial charge in [-0.3, -0.25) is 0 Å². The van der Waals surface area contributed by atoms with Crippen LogP contribution in [-0.4, -0.2) is 4.89 Å². The van der Waals surface area contributed by atoms with Crippen molar-refractivity contribution in [3.63, 3.8) is 0 Å². The van der Waals surface area contributed by atoms with Gasteiger partial charge in [0.2, 0.25) is 0 Å². The summed E-state index contributed by atoms with van der Waals surface area (Å²) in [6.45, 7) is 0.537. The lowest BCUT2D eigenvalue weighted by Crippen LogP contribution is -1.99. The Morgan fingerprint density at radius 2 is 1.32 bits per heavy atom. The molecule has 0 unspecified atom stereocenters. The van der Waals surface area contributed by atoms with Crippen molar-refractivity contribution in [3.05, 3.63) is 59.7 Å². The molecule has 3 nitrogen and oxygen atoms in total. The summed E-state index contributed by atoms with van der Waals surface area (Å²) in [6, 6.07) is 14.6. The van der Waals surface area contributed by atoms with Crippen LogP contribution in [0.5, 0.6) is 11.5 Å². The first kappa shape index (κ1) is 14.1. The zero-order chi connectivity index (χ0) is 13.9. The zero-order valence-corrected chi connectivity index (χ0v) is 12.4. The largest absolute Gasteiger partial charge is 0.432 e. The first-order valence-corrected chi connectivity index (χ1v) is 8.39. The van der Waals surface area contributed by atoms with E-state index < -0.39 is 6.72 Å². The van der Waals surface area contributed by atoms with Crippen molar-refractivity contribution in [1.82, 2.24) is 0 Å². The molecule has 0 fully saturated rings. The molecular formula is C14H15O3PS. The Bertz CT molecular complexity index is 576. The molecule has 0 saturated carbocycles. The smallest absolute Gasteiger partial charge is 0.416 e. The summed E-state index contributed by atoms with van der Waals surface area (Å²) in [6.07, 6.45) is 0. The molecule has 100 valence electrons. The van der Waals surface area contributed by atoms with Crippen LogP contribution in [0.3, 0.4) is 0 Å². The number of hydrogen-bond donors (Lipinski definition) is 1. The second kappa shape index (κ2) is 5.74. The van der Waals surface area contributed by atoms with Gasteiger partial charge in [0.1, 0.15) is 11.5 Å². The average molecular weight is 294 g/mol. The average Bonchev–Trinajstić information content (AvgIpc) is 2.27. The molecule has 0 bridgehead atoms. The van der Waals surface area contributed by atoms with E-state index in [1.54, 1.807) is 24.3 Å². The molecule has 2 aromatic carbocycles. The summed E-state index contributed by atoms with van der Waals surface area (Å²) in [7, 11) is 0. The SMILES string of the molecule is Cc1cccc(OP(O)(=S)Oc2cccc(C)c2)c1. The predicted octanol–water partition coefficient (Wildman–Crippen LogP) is 3.98. The highest BCUT2D eigenvalue weighted by Crippen LogP contribution is 2.44. The highest BCUT2D eigenvalue weighted by molar-refractivity contribution is 8.07. The van der Waals surface area contributed by atoms with Crippen LogP contribution < -0.4 is 9.05 Å². The number of benzene rings is 2. The van der Waals surface area contributed by atoms with Crippen molar-refractivity contribution in [2.45, 2.75) is 13.8 Å². The maximum Gasteiger partial charge on any atom is 0.432 e. The Morgan fingerprint density at radius 3 is 1.68 bits per heavy atom. The van der Waals surface area contributed by atoms with Crippen LogP contribution in [0.1, 0.15) is 11.1 Å². The van der Waals surface area contributed by atoms with E-state index in [0.717, 1.165) is 11.1 Å². The summed E-state index contributed by atoms with van der Waals surface area (Å²) >= 11 is 5.02. The van der Waals surface area contributed by atoms with Crippen LogP contribution in [0, 0.1) is 13.8 Å². The molecule has 0 radical (unpaired) electrons. The van der Waals surface area contributed by atoms with Crippen molar-refractivity contribution >= 4 is 18.5 Å². The third-order valence-electron chi connectivity index (χ3n) is 2.42. The summed E-state index contributed by atoms with van der Waals surface area (Å²) < 4.78 is 10.8. The number of rotatable bonds is 4. The molecule has 0 aliphatic rings. The summed E-state index contributed by atoms with van der Waals surface area (Å²) in [5.74, 6) is 1.02. The first-order valence-electron chi connectivity index (χ1n) is 5.80. The fourth-order valence-corrected chi connectivity index (χ4v) is 2.94. The lowest BCUT2D eigenvalue weighted by Gasteiger charge is -2.17. The second-order valence-electron chi connectivity index (χ2n) is 4.28. The Labute approximate surface area is 118 Å². The van der Waals surface area contributed by atoms with E-state index in [1.807, 2.05) is 38.1 Å². The minimum Gasteiger partial charge on any atom is -0.416 e. The first-order chi connectivity index (χ1) is 8.94. The third-order valence-corrected chi connectivity index (χ3v) is 3.75. The van der Waals surface area contributed by atoms with Gasteiger partial charge in [0.05, 0.1) is 0 Å². The molecule has 5 heteroatoms. The normalized spacial score (nSPS) is 11.1. The van der Waals surface area contributed by atoms with Crippen molar-refractivity contribution in [2.24, 2.45) is 0 Å². The molecule has 0 aliphatic carbocycles. The van der Waals surface area contributed by atoms with Gasteiger partial charge in [-0.05, 0) is 49.2 Å². The molecular weight excluding hydrogens is 279 g/mol. The molecule has 0 aliphatic heterocycles. The maximum absolute atomic E-state index is 10.1. The molecule has 0 atom stereocenters. The highest BCUT2D eigenvalue weighted by Gasteiger charge is 2.18. The molecule has 2 aromatic rings. The van der Waals surface area contributed by atoms with E-state index in [0.29, 0.717) is 11.5 Å². The molecule has 0 spiro atoms. The van der Waals surface area contributed by atoms with Crippen molar-refractivity contribution in [2.75, 3.05) is 0 Å². The van der Waals surface area contributed by atoms with Crippen LogP contribution in [0.15, 0.2) is 48.5 Å². The van der Waals surface area contributed by atoms with Crippen LogP contribution >= 0.6 is 6.72 Å². The molecule has 0 saturated heterocycles. The van der Waals surface area contributed by atoms with Crippen LogP contribution in [0.25, 0.3) is 0 Å². The lowest BCUT2D eigenvalue weighted by atomic mass is 10.2. The van der Waals surface area contributed by atoms with Crippen LogP contribution in [0.4, 0.5) is 0 Å². The van der Waals surface area contributed by atoms with E-state index in [2.05, 4.69) is 0 Å². The number of hydrogen-bond acceptors (Lipinski definition) is 3.